The minimum atomic E-state index is -4.83. The van der Waals surface area contributed by atoms with E-state index in [1.54, 1.807) is 0 Å². The van der Waals surface area contributed by atoms with Crippen LogP contribution in [-0.2, 0) is 24.7 Å². The Balaban J connectivity index is 1.74. The zero-order chi connectivity index (χ0) is 26.7. The fourth-order valence-electron chi connectivity index (χ4n) is 3.89. The Morgan fingerprint density at radius 3 is 2.08 bits per heavy atom. The summed E-state index contributed by atoms with van der Waals surface area (Å²) in [6, 6.07) is 7.39. The molecule has 1 N–H and O–H groups in total. The number of ether oxygens (including phenoxy) is 2. The number of carbonyl (C=O) groups excluding carboxylic acids is 1. The second kappa shape index (κ2) is 10.6. The van der Waals surface area contributed by atoms with Crippen LogP contribution in [0.5, 0.6) is 17.2 Å². The van der Waals surface area contributed by atoms with Crippen molar-refractivity contribution in [3.8, 4) is 17.2 Å². The van der Waals surface area contributed by atoms with Crippen LogP contribution < -0.4 is 9.47 Å². The summed E-state index contributed by atoms with van der Waals surface area (Å²) in [5.41, 5.74) is 0. The van der Waals surface area contributed by atoms with Crippen molar-refractivity contribution in [3.63, 3.8) is 0 Å². The van der Waals surface area contributed by atoms with Gasteiger partial charge in [0.25, 0.3) is 0 Å². The molecule has 1 aliphatic rings. The summed E-state index contributed by atoms with van der Waals surface area (Å²) in [5.74, 6) is -0.814. The van der Waals surface area contributed by atoms with E-state index in [1.807, 2.05) is 0 Å². The van der Waals surface area contributed by atoms with Crippen molar-refractivity contribution in [2.45, 2.75) is 36.2 Å². The molecule has 2 aromatic carbocycles. The summed E-state index contributed by atoms with van der Waals surface area (Å²) < 4.78 is 97.3. The fraction of sp³-hybridized carbons (Fsp3) is 0.381. The van der Waals surface area contributed by atoms with Crippen molar-refractivity contribution in [2.75, 3.05) is 18.6 Å². The molecular weight excluding hydrogens is 529 g/mol. The van der Waals surface area contributed by atoms with Crippen molar-refractivity contribution in [1.29, 1.82) is 0 Å². The molecule has 0 radical (unpaired) electrons. The maximum absolute atomic E-state index is 13.0. The fourth-order valence-corrected chi connectivity index (χ4v) is 6.65. The molecule has 36 heavy (non-hydrogen) atoms. The smallest absolute Gasteiger partial charge is 0.457 e. The third-order valence-corrected chi connectivity index (χ3v) is 8.51. The zero-order valence-corrected chi connectivity index (χ0v) is 20.5. The lowest BCUT2D eigenvalue weighted by molar-refractivity contribution is -0.274. The van der Waals surface area contributed by atoms with Crippen molar-refractivity contribution >= 4 is 26.3 Å². The van der Waals surface area contributed by atoms with Gasteiger partial charge in [-0.3, -0.25) is 10.0 Å². The van der Waals surface area contributed by atoms with Gasteiger partial charge in [-0.15, -0.1) is 13.2 Å². The van der Waals surface area contributed by atoms with Crippen LogP contribution in [0.3, 0.4) is 0 Å². The number of sulfonamides is 1. The van der Waals surface area contributed by atoms with Gasteiger partial charge in [-0.25, -0.2) is 21.9 Å². The minimum absolute atomic E-state index is 0.0287. The van der Waals surface area contributed by atoms with Gasteiger partial charge in [0.1, 0.15) is 17.2 Å². The van der Waals surface area contributed by atoms with Crippen LogP contribution in [0.15, 0.2) is 53.4 Å². The highest BCUT2D eigenvalue weighted by molar-refractivity contribution is 7.91. The van der Waals surface area contributed by atoms with Crippen LogP contribution >= 0.6 is 0 Å². The molecule has 0 aromatic heterocycles. The van der Waals surface area contributed by atoms with Gasteiger partial charge >= 0.3 is 6.36 Å². The Labute approximate surface area is 205 Å². The third-order valence-electron chi connectivity index (χ3n) is 5.43. The number of sulfone groups is 1. The molecule has 3 rings (SSSR count). The van der Waals surface area contributed by atoms with Gasteiger partial charge in [0, 0.05) is 12.6 Å². The molecule has 1 fully saturated rings. The highest BCUT2D eigenvalue weighted by Crippen LogP contribution is 2.30. The monoisotopic (exact) mass is 552 g/mol. The molecule has 1 heterocycles. The Hall–Kier alpha value is -2.88. The molecule has 1 amide bonds. The number of rotatable bonds is 10. The maximum Gasteiger partial charge on any atom is 0.573 e. The molecule has 198 valence electrons. The van der Waals surface area contributed by atoms with Gasteiger partial charge in [-0.2, -0.15) is 4.31 Å². The Morgan fingerprint density at radius 1 is 1.06 bits per heavy atom. The quantitative estimate of drug-likeness (QED) is 0.271. The highest BCUT2D eigenvalue weighted by atomic mass is 32.2. The second-order valence-electron chi connectivity index (χ2n) is 8.01. The Kier molecular flexibility index (Phi) is 8.17. The van der Waals surface area contributed by atoms with Gasteiger partial charge in [-0.1, -0.05) is 0 Å². The van der Waals surface area contributed by atoms with E-state index < -0.39 is 49.8 Å². The second-order valence-corrected chi connectivity index (χ2v) is 12.0. The number of benzene rings is 2. The van der Waals surface area contributed by atoms with Gasteiger partial charge < -0.3 is 9.47 Å². The van der Waals surface area contributed by atoms with Crippen LogP contribution in [-0.4, -0.2) is 74.8 Å². The van der Waals surface area contributed by atoms with Crippen LogP contribution in [0.1, 0.15) is 12.8 Å². The minimum Gasteiger partial charge on any atom is -0.457 e. The number of halogens is 3. The first-order valence-electron chi connectivity index (χ1n) is 10.5. The molecule has 10 nitrogen and oxygen atoms in total. The average Bonchev–Trinajstić information content (AvgIpc) is 3.28. The molecule has 15 heteroatoms. The van der Waals surface area contributed by atoms with E-state index in [0.717, 1.165) is 22.7 Å². The summed E-state index contributed by atoms with van der Waals surface area (Å²) in [5, 5.41) is 10.2. The largest absolute Gasteiger partial charge is 0.573 e. The predicted molar refractivity (Wildman–Crippen MR) is 120 cm³/mol. The number of amides is 1. The number of hydroxylamine groups is 2. The average molecular weight is 553 g/mol. The third kappa shape index (κ3) is 7.09. The first-order chi connectivity index (χ1) is 16.7. The Morgan fingerprint density at radius 2 is 1.58 bits per heavy atom. The molecule has 0 bridgehead atoms. The van der Waals surface area contributed by atoms with Crippen molar-refractivity contribution < 1.29 is 49.5 Å². The molecule has 0 unspecified atom stereocenters. The number of nitrogens with zero attached hydrogens (tertiary/aromatic N) is 2. The van der Waals surface area contributed by atoms with Crippen molar-refractivity contribution in [1.82, 2.24) is 9.37 Å². The number of alkyl halides is 3. The van der Waals surface area contributed by atoms with Gasteiger partial charge in [0.05, 0.1) is 22.9 Å². The van der Waals surface area contributed by atoms with Crippen LogP contribution in [0.2, 0.25) is 0 Å². The van der Waals surface area contributed by atoms with Gasteiger partial charge in [0.2, 0.25) is 16.4 Å². The zero-order valence-electron chi connectivity index (χ0n) is 18.8. The summed E-state index contributed by atoms with van der Waals surface area (Å²) in [6.45, 7) is 0.141. The lowest BCUT2D eigenvalue weighted by Gasteiger charge is -2.32. The van der Waals surface area contributed by atoms with E-state index in [2.05, 4.69) is 4.74 Å². The SMILES string of the molecule is CS(=O)(=O)N1CCC[C@H]1[C@@H](CS(=O)(=O)c1ccc(Oc2ccc(OC(F)(F)F)cc2)cc1)N(O)C=O. The van der Waals surface area contributed by atoms with Gasteiger partial charge in [0.15, 0.2) is 9.84 Å². The molecule has 0 aliphatic carbocycles. The molecule has 1 aliphatic heterocycles. The molecule has 0 spiro atoms. The van der Waals surface area contributed by atoms with E-state index in [1.165, 1.54) is 36.4 Å². The van der Waals surface area contributed by atoms with E-state index >= 15 is 0 Å². The van der Waals surface area contributed by atoms with E-state index in [0.29, 0.717) is 6.42 Å². The van der Waals surface area contributed by atoms with Gasteiger partial charge in [-0.05, 0) is 61.4 Å². The normalized spacial score (nSPS) is 18.0. The number of hydrogen-bond acceptors (Lipinski definition) is 8. The van der Waals surface area contributed by atoms with E-state index in [-0.39, 0.29) is 40.8 Å². The van der Waals surface area contributed by atoms with E-state index in [4.69, 9.17) is 4.74 Å². The topological polar surface area (TPSA) is 131 Å². The van der Waals surface area contributed by atoms with Crippen LogP contribution in [0.4, 0.5) is 13.2 Å². The summed E-state index contributed by atoms with van der Waals surface area (Å²) in [4.78, 5) is 11.1. The summed E-state index contributed by atoms with van der Waals surface area (Å²) in [6.07, 6.45) is -3.13. The lowest BCUT2D eigenvalue weighted by Crippen LogP contribution is -2.52. The number of carbonyl (C=O) groups is 1. The number of hydrogen-bond donors (Lipinski definition) is 1. The van der Waals surface area contributed by atoms with Crippen molar-refractivity contribution in [2.24, 2.45) is 0 Å². The highest BCUT2D eigenvalue weighted by Gasteiger charge is 2.41. The van der Waals surface area contributed by atoms with Crippen LogP contribution in [0, 0.1) is 0 Å². The summed E-state index contributed by atoms with van der Waals surface area (Å²) >= 11 is 0. The molecular formula is C21H23F3N2O8S2. The molecule has 2 aromatic rings. The molecule has 1 saturated heterocycles. The summed E-state index contributed by atoms with van der Waals surface area (Å²) in [7, 11) is -7.80. The van der Waals surface area contributed by atoms with E-state index in [9.17, 15) is 40.0 Å². The predicted octanol–water partition coefficient (Wildman–Crippen LogP) is 2.79. The standard InChI is InChI=1S/C21H23F3N2O8S2/c1-35(29,30)26-12-2-3-19(26)20(25(28)14-27)13-36(31,32)18-10-8-16(9-11-18)33-15-4-6-17(7-5-15)34-21(22,23)24/h4-11,14,19-20,28H,2-3,12-13H2,1H3/t19-,20+/m0/s1. The first kappa shape index (κ1) is 27.7. The maximum atomic E-state index is 13.0. The molecule has 2 atom stereocenters. The first-order valence-corrected chi connectivity index (χ1v) is 14.0. The lowest BCUT2D eigenvalue weighted by atomic mass is 10.1. The molecule has 0 saturated carbocycles. The van der Waals surface area contributed by atoms with Crippen molar-refractivity contribution in [3.05, 3.63) is 48.5 Å². The van der Waals surface area contributed by atoms with Crippen LogP contribution in [0.25, 0.3) is 0 Å². The Bertz CT molecular complexity index is 1270.